The maximum absolute atomic E-state index is 13.2. The van der Waals surface area contributed by atoms with Crippen molar-refractivity contribution in [2.24, 2.45) is 0 Å². The van der Waals surface area contributed by atoms with E-state index >= 15 is 0 Å². The molecule has 184 valence electrons. The van der Waals surface area contributed by atoms with Crippen LogP contribution in [-0.2, 0) is 12.3 Å². The van der Waals surface area contributed by atoms with E-state index < -0.39 is 0 Å². The molecule has 36 heavy (non-hydrogen) atoms. The van der Waals surface area contributed by atoms with Crippen molar-refractivity contribution in [1.29, 1.82) is 0 Å². The first-order valence-electron chi connectivity index (χ1n) is 11.2. The fourth-order valence-corrected chi connectivity index (χ4v) is 4.69. The van der Waals surface area contributed by atoms with Crippen molar-refractivity contribution in [2.45, 2.75) is 31.3 Å². The average molecular weight is 505 g/mol. The van der Waals surface area contributed by atoms with Crippen molar-refractivity contribution in [2.75, 3.05) is 13.9 Å². The summed E-state index contributed by atoms with van der Waals surface area (Å²) in [4.78, 5) is 22.2. The molecule has 0 aliphatic carbocycles. The smallest absolute Gasteiger partial charge is 0.274 e. The van der Waals surface area contributed by atoms with Gasteiger partial charge in [0.1, 0.15) is 5.75 Å². The Bertz CT molecular complexity index is 1390. The van der Waals surface area contributed by atoms with Gasteiger partial charge in [-0.3, -0.25) is 4.79 Å². The third-order valence-corrected chi connectivity index (χ3v) is 6.34. The first kappa shape index (κ1) is 23.6. The SMILES string of the molecule is COc1ccc(-n2nnc(C(=O)NCc3ccc4c(c3)OCO4)c2CSc2nc(C)cc(C)n2)cc1. The van der Waals surface area contributed by atoms with Gasteiger partial charge in [0.15, 0.2) is 22.3 Å². The number of hydrogen-bond donors (Lipinski definition) is 1. The van der Waals surface area contributed by atoms with Gasteiger partial charge in [-0.15, -0.1) is 5.10 Å². The molecule has 0 atom stereocenters. The number of hydrogen-bond acceptors (Lipinski definition) is 9. The van der Waals surface area contributed by atoms with Crippen molar-refractivity contribution in [1.82, 2.24) is 30.3 Å². The molecule has 11 heteroatoms. The molecule has 3 heterocycles. The Morgan fingerprint density at radius 3 is 2.56 bits per heavy atom. The molecule has 2 aromatic carbocycles. The summed E-state index contributed by atoms with van der Waals surface area (Å²) >= 11 is 1.42. The van der Waals surface area contributed by atoms with E-state index in [1.54, 1.807) is 11.8 Å². The zero-order chi connectivity index (χ0) is 25.1. The van der Waals surface area contributed by atoms with Crippen LogP contribution in [0.25, 0.3) is 5.69 Å². The molecule has 0 radical (unpaired) electrons. The van der Waals surface area contributed by atoms with Gasteiger partial charge in [0.25, 0.3) is 5.91 Å². The molecule has 4 aromatic rings. The van der Waals surface area contributed by atoms with Gasteiger partial charge in [0.2, 0.25) is 6.79 Å². The maximum Gasteiger partial charge on any atom is 0.274 e. The third-order valence-electron chi connectivity index (χ3n) is 5.49. The number of ether oxygens (including phenoxy) is 3. The summed E-state index contributed by atoms with van der Waals surface area (Å²) in [6.07, 6.45) is 0. The molecule has 0 fully saturated rings. The van der Waals surface area contributed by atoms with Crippen LogP contribution in [0.4, 0.5) is 0 Å². The van der Waals surface area contributed by atoms with Crippen LogP contribution in [-0.4, -0.2) is 44.8 Å². The molecule has 2 aromatic heterocycles. The van der Waals surface area contributed by atoms with Crippen molar-refractivity contribution in [3.8, 4) is 22.9 Å². The topological polar surface area (TPSA) is 113 Å². The Labute approximate surface area is 212 Å². The molecule has 1 amide bonds. The predicted octanol–water partition coefficient (Wildman–Crippen LogP) is 3.63. The van der Waals surface area contributed by atoms with E-state index in [0.29, 0.717) is 34.6 Å². The minimum Gasteiger partial charge on any atom is -0.497 e. The summed E-state index contributed by atoms with van der Waals surface area (Å²) in [6, 6.07) is 14.9. The van der Waals surface area contributed by atoms with Gasteiger partial charge in [-0.25, -0.2) is 14.6 Å². The van der Waals surface area contributed by atoms with E-state index in [2.05, 4.69) is 25.6 Å². The number of aryl methyl sites for hydroxylation is 2. The minimum absolute atomic E-state index is 0.199. The highest BCUT2D eigenvalue weighted by Crippen LogP contribution is 2.32. The van der Waals surface area contributed by atoms with Gasteiger partial charge in [-0.05, 0) is 61.9 Å². The van der Waals surface area contributed by atoms with Crippen LogP contribution in [0, 0.1) is 13.8 Å². The molecule has 10 nitrogen and oxygen atoms in total. The molecule has 0 unspecified atom stereocenters. The molecular formula is C25H24N6O4S. The Kier molecular flexibility index (Phi) is 6.72. The van der Waals surface area contributed by atoms with Gasteiger partial charge in [-0.1, -0.05) is 23.0 Å². The first-order chi connectivity index (χ1) is 17.5. The van der Waals surface area contributed by atoms with Crippen molar-refractivity contribution >= 4 is 17.7 Å². The largest absolute Gasteiger partial charge is 0.497 e. The lowest BCUT2D eigenvalue weighted by Crippen LogP contribution is -2.24. The van der Waals surface area contributed by atoms with Crippen molar-refractivity contribution < 1.29 is 19.0 Å². The van der Waals surface area contributed by atoms with Gasteiger partial charge < -0.3 is 19.5 Å². The quantitative estimate of drug-likeness (QED) is 0.284. The number of fused-ring (bicyclic) bond motifs is 1. The highest BCUT2D eigenvalue weighted by Gasteiger charge is 2.22. The number of thioether (sulfide) groups is 1. The Balaban J connectivity index is 1.39. The van der Waals surface area contributed by atoms with Crippen LogP contribution in [0.5, 0.6) is 17.2 Å². The van der Waals surface area contributed by atoms with Crippen LogP contribution in [0.3, 0.4) is 0 Å². The average Bonchev–Trinajstić information content (AvgIpc) is 3.52. The van der Waals surface area contributed by atoms with Crippen LogP contribution in [0.1, 0.15) is 33.1 Å². The Hall–Kier alpha value is -4.12. The lowest BCUT2D eigenvalue weighted by molar-refractivity contribution is 0.0945. The second kappa shape index (κ2) is 10.2. The van der Waals surface area contributed by atoms with Gasteiger partial charge >= 0.3 is 0 Å². The molecule has 0 saturated carbocycles. The summed E-state index contributed by atoms with van der Waals surface area (Å²) in [5.74, 6) is 2.15. The van der Waals surface area contributed by atoms with E-state index in [9.17, 15) is 4.79 Å². The summed E-state index contributed by atoms with van der Waals surface area (Å²) in [6.45, 7) is 4.36. The van der Waals surface area contributed by atoms with Crippen LogP contribution >= 0.6 is 11.8 Å². The summed E-state index contributed by atoms with van der Waals surface area (Å²) < 4.78 is 17.7. The highest BCUT2D eigenvalue weighted by atomic mass is 32.2. The number of methoxy groups -OCH3 is 1. The molecule has 1 N–H and O–H groups in total. The number of benzene rings is 2. The van der Waals surface area contributed by atoms with Gasteiger partial charge in [0, 0.05) is 23.7 Å². The van der Waals surface area contributed by atoms with E-state index in [-0.39, 0.29) is 18.4 Å². The molecule has 0 spiro atoms. The van der Waals surface area contributed by atoms with E-state index in [0.717, 1.165) is 28.4 Å². The second-order valence-electron chi connectivity index (χ2n) is 8.09. The number of aromatic nitrogens is 5. The van der Waals surface area contributed by atoms with E-state index in [4.69, 9.17) is 14.2 Å². The fourth-order valence-electron chi connectivity index (χ4n) is 3.75. The Morgan fingerprint density at radius 2 is 1.81 bits per heavy atom. The number of amides is 1. The minimum atomic E-state index is -0.329. The number of carbonyl (C=O) groups excluding carboxylic acids is 1. The predicted molar refractivity (Wildman–Crippen MR) is 133 cm³/mol. The van der Waals surface area contributed by atoms with Crippen LogP contribution < -0.4 is 19.5 Å². The first-order valence-corrected chi connectivity index (χ1v) is 12.2. The normalized spacial score (nSPS) is 12.0. The summed E-state index contributed by atoms with van der Waals surface area (Å²) in [7, 11) is 1.61. The monoisotopic (exact) mass is 504 g/mol. The standard InChI is InChI=1S/C25H24N6O4S/c1-15-10-16(2)28-25(27-15)36-13-20-23(29-30-31(20)18-5-7-19(33-3)8-6-18)24(32)26-12-17-4-9-21-22(11-17)35-14-34-21/h4-11H,12-14H2,1-3H3,(H,26,32). The molecule has 1 aliphatic rings. The molecule has 0 bridgehead atoms. The van der Waals surface area contributed by atoms with E-state index in [1.165, 1.54) is 11.8 Å². The van der Waals surface area contributed by atoms with Crippen molar-refractivity contribution in [3.63, 3.8) is 0 Å². The van der Waals surface area contributed by atoms with Crippen LogP contribution in [0.15, 0.2) is 53.7 Å². The third kappa shape index (κ3) is 5.10. The number of nitrogens with zero attached hydrogens (tertiary/aromatic N) is 5. The number of nitrogens with one attached hydrogen (secondary N) is 1. The maximum atomic E-state index is 13.2. The lowest BCUT2D eigenvalue weighted by Gasteiger charge is -2.10. The van der Waals surface area contributed by atoms with Gasteiger partial charge in [0.05, 0.1) is 18.5 Å². The zero-order valence-electron chi connectivity index (χ0n) is 20.0. The molecule has 0 saturated heterocycles. The van der Waals surface area contributed by atoms with E-state index in [1.807, 2.05) is 62.4 Å². The fraction of sp³-hybridized carbons (Fsp3) is 0.240. The second-order valence-corrected chi connectivity index (χ2v) is 9.03. The van der Waals surface area contributed by atoms with Crippen LogP contribution in [0.2, 0.25) is 0 Å². The Morgan fingerprint density at radius 1 is 1.06 bits per heavy atom. The molecule has 5 rings (SSSR count). The van der Waals surface area contributed by atoms with Crippen molar-refractivity contribution in [3.05, 3.63) is 76.9 Å². The zero-order valence-corrected chi connectivity index (χ0v) is 20.8. The molecule has 1 aliphatic heterocycles. The highest BCUT2D eigenvalue weighted by molar-refractivity contribution is 7.98. The summed E-state index contributed by atoms with van der Waals surface area (Å²) in [5.41, 5.74) is 4.28. The lowest BCUT2D eigenvalue weighted by atomic mass is 10.2. The van der Waals surface area contributed by atoms with Gasteiger partial charge in [-0.2, -0.15) is 0 Å². The number of rotatable bonds is 8. The summed E-state index contributed by atoms with van der Waals surface area (Å²) in [5, 5.41) is 12.1. The number of carbonyl (C=O) groups is 1. The molecular weight excluding hydrogens is 480 g/mol.